The Balaban J connectivity index is 2.76. The molecule has 2 aromatic rings. The van der Waals surface area contributed by atoms with Gasteiger partial charge in [-0.15, -0.1) is 0 Å². The van der Waals surface area contributed by atoms with Gasteiger partial charge in [0.15, 0.2) is 11.5 Å². The van der Waals surface area contributed by atoms with Gasteiger partial charge in [-0.3, -0.25) is 0 Å². The molecule has 0 bridgehead atoms. The molecular formula is C8H9N5O. The first kappa shape index (κ1) is 8.49. The number of nitrogens with one attached hydrogen (secondary N) is 1. The average molecular weight is 191 g/mol. The first-order valence-corrected chi connectivity index (χ1v) is 4.01. The molecule has 2 heterocycles. The molecule has 2 aromatic heterocycles. The molecule has 0 aliphatic heterocycles. The van der Waals surface area contributed by atoms with E-state index in [2.05, 4.69) is 20.1 Å². The summed E-state index contributed by atoms with van der Waals surface area (Å²) in [5.41, 5.74) is 7.33. The third kappa shape index (κ3) is 1.17. The van der Waals surface area contributed by atoms with E-state index >= 15 is 0 Å². The number of nitrogens with two attached hydrogens (primary N) is 1. The standard InChI is InChI=1S/C8H9N5O/c1-4-11-6-5(7(9)13-14)2-3-10-8(6)12-4/h2-3,14H,1H3,(H2,9,13)(H,10,11,12). The number of rotatable bonds is 1. The minimum absolute atomic E-state index is 0.0426. The molecule has 0 atom stereocenters. The van der Waals surface area contributed by atoms with Gasteiger partial charge in [0.05, 0.1) is 5.52 Å². The van der Waals surface area contributed by atoms with Gasteiger partial charge in [0.1, 0.15) is 5.82 Å². The number of nitrogens with zero attached hydrogens (tertiary/aromatic N) is 3. The Morgan fingerprint density at radius 1 is 1.64 bits per heavy atom. The summed E-state index contributed by atoms with van der Waals surface area (Å²) in [6.07, 6.45) is 1.57. The molecule has 0 amide bonds. The Morgan fingerprint density at radius 2 is 2.43 bits per heavy atom. The van der Waals surface area contributed by atoms with Crippen molar-refractivity contribution in [2.24, 2.45) is 10.9 Å². The van der Waals surface area contributed by atoms with Crippen molar-refractivity contribution < 1.29 is 5.21 Å². The lowest BCUT2D eigenvalue weighted by molar-refractivity contribution is 0.318. The van der Waals surface area contributed by atoms with E-state index in [0.29, 0.717) is 16.7 Å². The molecule has 0 saturated heterocycles. The van der Waals surface area contributed by atoms with Crippen molar-refractivity contribution >= 4 is 17.0 Å². The molecule has 0 aliphatic rings. The van der Waals surface area contributed by atoms with Crippen molar-refractivity contribution in [1.82, 2.24) is 15.0 Å². The monoisotopic (exact) mass is 191 g/mol. The third-order valence-electron chi connectivity index (χ3n) is 1.89. The number of H-pyrrole nitrogens is 1. The van der Waals surface area contributed by atoms with Crippen molar-refractivity contribution in [3.63, 3.8) is 0 Å². The second-order valence-electron chi connectivity index (χ2n) is 2.86. The number of aryl methyl sites for hydroxylation is 1. The number of oxime groups is 1. The summed E-state index contributed by atoms with van der Waals surface area (Å²) in [7, 11) is 0. The quantitative estimate of drug-likeness (QED) is 0.262. The minimum Gasteiger partial charge on any atom is -0.409 e. The zero-order valence-corrected chi connectivity index (χ0v) is 7.52. The normalized spacial score (nSPS) is 12.2. The zero-order chi connectivity index (χ0) is 10.1. The highest BCUT2D eigenvalue weighted by Crippen LogP contribution is 2.13. The van der Waals surface area contributed by atoms with Crippen molar-refractivity contribution in [3.05, 3.63) is 23.7 Å². The maximum Gasteiger partial charge on any atom is 0.178 e. The molecule has 6 heteroatoms. The fraction of sp³-hybridized carbons (Fsp3) is 0.125. The summed E-state index contributed by atoms with van der Waals surface area (Å²) in [4.78, 5) is 11.2. The van der Waals surface area contributed by atoms with Gasteiger partial charge in [-0.25, -0.2) is 9.97 Å². The third-order valence-corrected chi connectivity index (χ3v) is 1.89. The van der Waals surface area contributed by atoms with E-state index < -0.39 is 0 Å². The Labute approximate surface area is 79.5 Å². The van der Waals surface area contributed by atoms with Crippen LogP contribution in [0.2, 0.25) is 0 Å². The van der Waals surface area contributed by atoms with Crippen LogP contribution in [-0.4, -0.2) is 26.0 Å². The molecule has 0 unspecified atom stereocenters. The van der Waals surface area contributed by atoms with E-state index in [1.807, 2.05) is 6.92 Å². The van der Waals surface area contributed by atoms with E-state index in [-0.39, 0.29) is 5.84 Å². The predicted octanol–water partition coefficient (Wildman–Crippen LogP) is 0.361. The van der Waals surface area contributed by atoms with Gasteiger partial charge in [-0.2, -0.15) is 0 Å². The van der Waals surface area contributed by atoms with Crippen molar-refractivity contribution in [2.75, 3.05) is 0 Å². The van der Waals surface area contributed by atoms with Crippen LogP contribution in [0.3, 0.4) is 0 Å². The first-order chi connectivity index (χ1) is 6.72. The van der Waals surface area contributed by atoms with E-state index in [4.69, 9.17) is 10.9 Å². The molecule has 72 valence electrons. The number of hydrogen-bond donors (Lipinski definition) is 3. The molecule has 4 N–H and O–H groups in total. The lowest BCUT2D eigenvalue weighted by Gasteiger charge is -1.97. The number of amidine groups is 1. The van der Waals surface area contributed by atoms with Gasteiger partial charge >= 0.3 is 0 Å². The number of pyridine rings is 1. The molecule has 0 fully saturated rings. The maximum atomic E-state index is 8.56. The van der Waals surface area contributed by atoms with Crippen molar-refractivity contribution in [2.45, 2.75) is 6.92 Å². The van der Waals surface area contributed by atoms with Crippen LogP contribution in [0.5, 0.6) is 0 Å². The van der Waals surface area contributed by atoms with Crippen LogP contribution in [0.1, 0.15) is 11.4 Å². The van der Waals surface area contributed by atoms with Crippen molar-refractivity contribution in [3.8, 4) is 0 Å². The Kier molecular flexibility index (Phi) is 1.81. The lowest BCUT2D eigenvalue weighted by atomic mass is 10.2. The molecule has 0 aliphatic carbocycles. The second kappa shape index (κ2) is 2.99. The molecule has 0 aromatic carbocycles. The van der Waals surface area contributed by atoms with Crippen LogP contribution in [0.15, 0.2) is 17.4 Å². The zero-order valence-electron chi connectivity index (χ0n) is 7.52. The van der Waals surface area contributed by atoms with Gasteiger partial charge < -0.3 is 15.9 Å². The van der Waals surface area contributed by atoms with Crippen LogP contribution in [-0.2, 0) is 0 Å². The van der Waals surface area contributed by atoms with Crippen LogP contribution in [0.4, 0.5) is 0 Å². The number of aromatic amines is 1. The van der Waals surface area contributed by atoms with Gasteiger partial charge in [0, 0.05) is 11.8 Å². The number of imidazole rings is 1. The number of aromatic nitrogens is 3. The highest BCUT2D eigenvalue weighted by Gasteiger charge is 2.08. The Morgan fingerprint density at radius 3 is 3.14 bits per heavy atom. The fourth-order valence-electron chi connectivity index (χ4n) is 1.29. The van der Waals surface area contributed by atoms with E-state index in [0.717, 1.165) is 5.82 Å². The van der Waals surface area contributed by atoms with Crippen LogP contribution < -0.4 is 5.73 Å². The molecule has 0 radical (unpaired) electrons. The fourth-order valence-corrected chi connectivity index (χ4v) is 1.29. The van der Waals surface area contributed by atoms with E-state index in [9.17, 15) is 0 Å². The topological polar surface area (TPSA) is 100 Å². The predicted molar refractivity (Wildman–Crippen MR) is 51.1 cm³/mol. The summed E-state index contributed by atoms with van der Waals surface area (Å²) in [5.74, 6) is 0.784. The van der Waals surface area contributed by atoms with Crippen LogP contribution in [0, 0.1) is 6.92 Å². The summed E-state index contributed by atoms with van der Waals surface area (Å²) in [5, 5.41) is 11.5. The highest BCUT2D eigenvalue weighted by molar-refractivity contribution is 6.05. The SMILES string of the molecule is Cc1nc2nccc(/C(N)=N/O)c2[nH]1. The minimum atomic E-state index is 0.0426. The van der Waals surface area contributed by atoms with Gasteiger partial charge in [-0.05, 0) is 13.0 Å². The second-order valence-corrected chi connectivity index (χ2v) is 2.86. The van der Waals surface area contributed by atoms with Gasteiger partial charge in [-0.1, -0.05) is 5.16 Å². The Bertz CT molecular complexity index is 501. The number of hydrogen-bond acceptors (Lipinski definition) is 4. The summed E-state index contributed by atoms with van der Waals surface area (Å²) >= 11 is 0. The van der Waals surface area contributed by atoms with Gasteiger partial charge in [0.2, 0.25) is 0 Å². The lowest BCUT2D eigenvalue weighted by Crippen LogP contribution is -2.13. The average Bonchev–Trinajstić information content (AvgIpc) is 2.56. The largest absolute Gasteiger partial charge is 0.409 e. The summed E-state index contributed by atoms with van der Waals surface area (Å²) in [6, 6.07) is 1.66. The van der Waals surface area contributed by atoms with E-state index in [1.54, 1.807) is 12.3 Å². The summed E-state index contributed by atoms with van der Waals surface area (Å²) in [6.45, 7) is 1.82. The van der Waals surface area contributed by atoms with Gasteiger partial charge in [0.25, 0.3) is 0 Å². The smallest absolute Gasteiger partial charge is 0.178 e. The van der Waals surface area contributed by atoms with E-state index in [1.165, 1.54) is 0 Å². The molecule has 2 rings (SSSR count). The maximum absolute atomic E-state index is 8.56. The molecule has 6 nitrogen and oxygen atoms in total. The van der Waals surface area contributed by atoms with Crippen LogP contribution in [0.25, 0.3) is 11.2 Å². The first-order valence-electron chi connectivity index (χ1n) is 4.01. The van der Waals surface area contributed by atoms with Crippen LogP contribution >= 0.6 is 0 Å². The molecular weight excluding hydrogens is 182 g/mol. The molecule has 0 spiro atoms. The highest BCUT2D eigenvalue weighted by atomic mass is 16.4. The Hall–Kier alpha value is -2.11. The number of fused-ring (bicyclic) bond motifs is 1. The van der Waals surface area contributed by atoms with Crippen molar-refractivity contribution in [1.29, 1.82) is 0 Å². The summed E-state index contributed by atoms with van der Waals surface area (Å²) < 4.78 is 0. The molecule has 14 heavy (non-hydrogen) atoms. The molecule has 0 saturated carbocycles.